The molecule has 4 nitrogen and oxygen atoms in total. The molecule has 1 atom stereocenters. The Morgan fingerprint density at radius 3 is 2.54 bits per heavy atom. The largest absolute Gasteiger partial charge is 0.357 e. The van der Waals surface area contributed by atoms with Crippen LogP contribution in [-0.2, 0) is 11.3 Å². The van der Waals surface area contributed by atoms with Crippen molar-refractivity contribution < 1.29 is 4.79 Å². The number of amides is 1. The van der Waals surface area contributed by atoms with Crippen LogP contribution >= 0.6 is 0 Å². The molecule has 1 fully saturated rings. The van der Waals surface area contributed by atoms with E-state index in [1.807, 2.05) is 12.3 Å². The molecule has 1 amide bonds. The lowest BCUT2D eigenvalue weighted by Crippen LogP contribution is -2.29. The number of pyridine rings is 1. The molecule has 0 bridgehead atoms. The van der Waals surface area contributed by atoms with Crippen molar-refractivity contribution in [3.8, 4) is 0 Å². The number of aromatic nitrogens is 1. The van der Waals surface area contributed by atoms with Gasteiger partial charge in [-0.3, -0.25) is 4.79 Å². The Morgan fingerprint density at radius 1 is 1.25 bits per heavy atom. The highest BCUT2D eigenvalue weighted by Gasteiger charge is 2.22. The van der Waals surface area contributed by atoms with Gasteiger partial charge in [-0.05, 0) is 41.9 Å². The maximum absolute atomic E-state index is 12.2. The van der Waals surface area contributed by atoms with Crippen LogP contribution in [0.5, 0.6) is 0 Å². The first-order chi connectivity index (χ1) is 11.4. The van der Waals surface area contributed by atoms with Gasteiger partial charge in [-0.2, -0.15) is 0 Å². The third-order valence-electron chi connectivity index (χ3n) is 5.20. The second-order valence-corrected chi connectivity index (χ2v) is 8.17. The van der Waals surface area contributed by atoms with Crippen LogP contribution in [-0.4, -0.2) is 24.0 Å². The number of rotatable bonds is 5. The molecular formula is C20H33N3O. The SMILES string of the molecule is CC(CC(=O)NCc1ccnc(N2CCCCCC2)c1)C(C)(C)C. The molecule has 0 saturated carbocycles. The molecule has 4 heteroatoms. The molecule has 24 heavy (non-hydrogen) atoms. The molecule has 0 aliphatic carbocycles. The molecule has 1 aliphatic rings. The standard InChI is InChI=1S/C20H33N3O/c1-16(20(2,3)4)13-19(24)22-15-17-9-10-21-18(14-17)23-11-7-5-6-8-12-23/h9-10,14,16H,5-8,11-13,15H2,1-4H3,(H,22,24). The van der Waals surface area contributed by atoms with Crippen molar-refractivity contribution in [3.05, 3.63) is 23.9 Å². The van der Waals surface area contributed by atoms with Gasteiger partial charge in [0.05, 0.1) is 0 Å². The van der Waals surface area contributed by atoms with Crippen LogP contribution in [0.2, 0.25) is 0 Å². The Kier molecular flexibility index (Phi) is 6.64. The maximum atomic E-state index is 12.2. The number of carbonyl (C=O) groups excluding carboxylic acids is 1. The molecule has 2 rings (SSSR count). The second-order valence-electron chi connectivity index (χ2n) is 8.17. The van der Waals surface area contributed by atoms with Crippen LogP contribution < -0.4 is 10.2 Å². The van der Waals surface area contributed by atoms with Crippen LogP contribution in [0.15, 0.2) is 18.3 Å². The first-order valence-electron chi connectivity index (χ1n) is 9.33. The van der Waals surface area contributed by atoms with Crippen LogP contribution in [0, 0.1) is 11.3 Å². The number of hydrogen-bond donors (Lipinski definition) is 1. The molecule has 1 aromatic heterocycles. The molecular weight excluding hydrogens is 298 g/mol. The van der Waals surface area contributed by atoms with Gasteiger partial charge in [-0.15, -0.1) is 0 Å². The van der Waals surface area contributed by atoms with Gasteiger partial charge in [0, 0.05) is 32.3 Å². The van der Waals surface area contributed by atoms with Gasteiger partial charge in [0.1, 0.15) is 5.82 Å². The zero-order valence-electron chi connectivity index (χ0n) is 15.8. The topological polar surface area (TPSA) is 45.2 Å². The van der Waals surface area contributed by atoms with E-state index in [1.54, 1.807) is 0 Å². The van der Waals surface area contributed by atoms with Crippen molar-refractivity contribution in [3.63, 3.8) is 0 Å². The summed E-state index contributed by atoms with van der Waals surface area (Å²) in [5.74, 6) is 1.54. The molecule has 1 N–H and O–H groups in total. The lowest BCUT2D eigenvalue weighted by Gasteiger charge is -2.26. The molecule has 1 aliphatic heterocycles. The van der Waals surface area contributed by atoms with Gasteiger partial charge < -0.3 is 10.2 Å². The van der Waals surface area contributed by atoms with Gasteiger partial charge in [0.25, 0.3) is 0 Å². The molecule has 0 radical (unpaired) electrons. The number of carbonyl (C=O) groups is 1. The second kappa shape index (κ2) is 8.50. The number of hydrogen-bond acceptors (Lipinski definition) is 3. The third kappa shape index (κ3) is 5.81. The van der Waals surface area contributed by atoms with Gasteiger partial charge in [0.2, 0.25) is 5.91 Å². The Morgan fingerprint density at radius 2 is 1.92 bits per heavy atom. The van der Waals surface area contributed by atoms with Crippen molar-refractivity contribution in [2.45, 2.75) is 66.3 Å². The zero-order valence-corrected chi connectivity index (χ0v) is 15.8. The van der Waals surface area contributed by atoms with E-state index in [1.165, 1.54) is 25.7 Å². The average molecular weight is 332 g/mol. The van der Waals surface area contributed by atoms with E-state index in [0.29, 0.717) is 18.9 Å². The van der Waals surface area contributed by atoms with Crippen LogP contribution in [0.1, 0.15) is 65.4 Å². The van der Waals surface area contributed by atoms with Crippen LogP contribution in [0.25, 0.3) is 0 Å². The van der Waals surface area contributed by atoms with E-state index in [0.717, 1.165) is 24.5 Å². The van der Waals surface area contributed by atoms with E-state index in [4.69, 9.17) is 0 Å². The van der Waals surface area contributed by atoms with E-state index in [-0.39, 0.29) is 11.3 Å². The van der Waals surface area contributed by atoms with Gasteiger partial charge >= 0.3 is 0 Å². The summed E-state index contributed by atoms with van der Waals surface area (Å²) in [4.78, 5) is 19.1. The number of nitrogens with one attached hydrogen (secondary N) is 1. The van der Waals surface area contributed by atoms with E-state index >= 15 is 0 Å². The normalized spacial score (nSPS) is 17.2. The smallest absolute Gasteiger partial charge is 0.220 e. The maximum Gasteiger partial charge on any atom is 0.220 e. The summed E-state index contributed by atoms with van der Waals surface area (Å²) in [6.07, 6.45) is 7.56. The Labute approximate surface area is 147 Å². The fourth-order valence-electron chi connectivity index (χ4n) is 2.90. The third-order valence-corrected chi connectivity index (χ3v) is 5.20. The van der Waals surface area contributed by atoms with Crippen molar-refractivity contribution in [1.29, 1.82) is 0 Å². The van der Waals surface area contributed by atoms with Crippen molar-refractivity contribution >= 4 is 11.7 Å². The quantitative estimate of drug-likeness (QED) is 0.881. The summed E-state index contributed by atoms with van der Waals surface area (Å²) in [5, 5.41) is 3.06. The van der Waals surface area contributed by atoms with E-state index in [9.17, 15) is 4.79 Å². The summed E-state index contributed by atoms with van der Waals surface area (Å²) in [6.45, 7) is 11.4. The minimum absolute atomic E-state index is 0.130. The zero-order chi connectivity index (χ0) is 17.6. The molecule has 0 spiro atoms. The fourth-order valence-corrected chi connectivity index (χ4v) is 2.90. The lowest BCUT2D eigenvalue weighted by atomic mass is 9.80. The Balaban J connectivity index is 1.89. The van der Waals surface area contributed by atoms with Crippen molar-refractivity contribution in [2.75, 3.05) is 18.0 Å². The molecule has 2 heterocycles. The summed E-state index contributed by atoms with van der Waals surface area (Å²) < 4.78 is 0. The summed E-state index contributed by atoms with van der Waals surface area (Å²) in [6, 6.07) is 4.12. The number of nitrogens with zero attached hydrogens (tertiary/aromatic N) is 2. The number of anilines is 1. The monoisotopic (exact) mass is 331 g/mol. The van der Waals surface area contributed by atoms with Crippen LogP contribution in [0.3, 0.4) is 0 Å². The molecule has 134 valence electrons. The first kappa shape index (κ1) is 18.8. The Bertz CT molecular complexity index is 528. The first-order valence-corrected chi connectivity index (χ1v) is 9.33. The summed E-state index contributed by atoms with van der Waals surface area (Å²) >= 11 is 0. The summed E-state index contributed by atoms with van der Waals surface area (Å²) in [7, 11) is 0. The highest BCUT2D eigenvalue weighted by Crippen LogP contribution is 2.27. The predicted octanol–water partition coefficient (Wildman–Crippen LogP) is 4.15. The fraction of sp³-hybridized carbons (Fsp3) is 0.700. The molecule has 1 saturated heterocycles. The lowest BCUT2D eigenvalue weighted by molar-refractivity contribution is -0.122. The highest BCUT2D eigenvalue weighted by atomic mass is 16.1. The Hall–Kier alpha value is -1.58. The predicted molar refractivity (Wildman–Crippen MR) is 100 cm³/mol. The minimum Gasteiger partial charge on any atom is -0.357 e. The highest BCUT2D eigenvalue weighted by molar-refractivity contribution is 5.76. The molecule has 1 unspecified atom stereocenters. The van der Waals surface area contributed by atoms with Gasteiger partial charge in [0.15, 0.2) is 0 Å². The molecule has 0 aromatic carbocycles. The summed E-state index contributed by atoms with van der Waals surface area (Å²) in [5.41, 5.74) is 1.29. The van der Waals surface area contributed by atoms with Gasteiger partial charge in [-0.25, -0.2) is 4.98 Å². The van der Waals surface area contributed by atoms with Crippen molar-refractivity contribution in [1.82, 2.24) is 10.3 Å². The van der Waals surface area contributed by atoms with Crippen LogP contribution in [0.4, 0.5) is 5.82 Å². The van der Waals surface area contributed by atoms with Crippen molar-refractivity contribution in [2.24, 2.45) is 11.3 Å². The van der Waals surface area contributed by atoms with E-state index in [2.05, 4.69) is 49.0 Å². The molecule has 1 aromatic rings. The minimum atomic E-state index is 0.130. The van der Waals surface area contributed by atoms with E-state index < -0.39 is 0 Å². The van der Waals surface area contributed by atoms with Gasteiger partial charge in [-0.1, -0.05) is 40.5 Å². The average Bonchev–Trinajstić information content (AvgIpc) is 2.81.